The zero-order valence-corrected chi connectivity index (χ0v) is 14.9. The highest BCUT2D eigenvalue weighted by molar-refractivity contribution is 7.13. The second-order valence-electron chi connectivity index (χ2n) is 5.91. The number of rotatable bonds is 4. The normalized spacial score (nSPS) is 17.6. The Hall–Kier alpha value is -2.34. The minimum Gasteiger partial charge on any atom is -0.508 e. The fraction of sp³-hybridized carbons (Fsp3) is 0.333. The summed E-state index contributed by atoms with van der Waals surface area (Å²) in [5, 5.41) is 16.5. The van der Waals surface area contributed by atoms with Crippen LogP contribution in [0.1, 0.15) is 33.8 Å². The minimum absolute atomic E-state index is 0. The highest BCUT2D eigenvalue weighted by Crippen LogP contribution is 2.28. The molecule has 0 fully saturated rings. The number of nitrogens with zero attached hydrogens (tertiary/aromatic N) is 2. The first-order valence-corrected chi connectivity index (χ1v) is 8.79. The SMILES string of the molecule is COC1=CC2=C(C=CC1)C(O)=CCC(c1csc(NC(C)C)n1)=N2.[HH]. The lowest BCUT2D eigenvalue weighted by atomic mass is 10.1. The van der Waals surface area contributed by atoms with E-state index in [-0.39, 0.29) is 7.19 Å². The van der Waals surface area contributed by atoms with Crippen LogP contribution in [-0.2, 0) is 4.74 Å². The highest BCUT2D eigenvalue weighted by Gasteiger charge is 2.18. The van der Waals surface area contributed by atoms with Crippen LogP contribution in [0.25, 0.3) is 0 Å². The summed E-state index contributed by atoms with van der Waals surface area (Å²) in [5.41, 5.74) is 3.09. The van der Waals surface area contributed by atoms with Crippen molar-refractivity contribution < 1.29 is 11.3 Å². The summed E-state index contributed by atoms with van der Waals surface area (Å²) in [6.45, 7) is 4.16. The van der Waals surface area contributed by atoms with E-state index in [1.165, 1.54) is 0 Å². The topological polar surface area (TPSA) is 66.7 Å². The molecule has 0 saturated heterocycles. The van der Waals surface area contributed by atoms with Crippen LogP contribution in [-0.4, -0.2) is 29.0 Å². The number of aliphatic imine (C=N–C) groups is 1. The van der Waals surface area contributed by atoms with Gasteiger partial charge in [0, 0.05) is 37.3 Å². The van der Waals surface area contributed by atoms with E-state index in [4.69, 9.17) is 9.73 Å². The van der Waals surface area contributed by atoms with Crippen LogP contribution in [0, 0.1) is 0 Å². The molecule has 0 bridgehead atoms. The first-order chi connectivity index (χ1) is 11.6. The summed E-state index contributed by atoms with van der Waals surface area (Å²) in [5.74, 6) is 1.05. The lowest BCUT2D eigenvalue weighted by Crippen LogP contribution is -2.09. The average Bonchev–Trinajstić information content (AvgIpc) is 2.81. The summed E-state index contributed by atoms with van der Waals surface area (Å²) < 4.78 is 5.37. The fourth-order valence-corrected chi connectivity index (χ4v) is 3.36. The molecule has 128 valence electrons. The molecular weight excluding hydrogens is 322 g/mol. The Morgan fingerprint density at radius 1 is 1.38 bits per heavy atom. The number of allylic oxidation sites excluding steroid dienone is 4. The van der Waals surface area contributed by atoms with Crippen molar-refractivity contribution in [3.63, 3.8) is 0 Å². The van der Waals surface area contributed by atoms with Crippen molar-refractivity contribution >= 4 is 22.2 Å². The van der Waals surface area contributed by atoms with Gasteiger partial charge in [-0.3, -0.25) is 0 Å². The Morgan fingerprint density at radius 3 is 2.96 bits per heavy atom. The quantitative estimate of drug-likeness (QED) is 0.837. The molecule has 2 aliphatic rings. The zero-order valence-electron chi connectivity index (χ0n) is 14.0. The number of aliphatic hydroxyl groups is 1. The van der Waals surface area contributed by atoms with Gasteiger partial charge in [-0.05, 0) is 19.9 Å². The van der Waals surface area contributed by atoms with E-state index >= 15 is 0 Å². The molecule has 6 heteroatoms. The molecule has 1 aliphatic carbocycles. The molecule has 2 N–H and O–H groups in total. The number of anilines is 1. The smallest absolute Gasteiger partial charge is 0.183 e. The molecule has 1 aliphatic heterocycles. The lowest BCUT2D eigenvalue weighted by molar-refractivity contribution is 0.285. The van der Waals surface area contributed by atoms with E-state index in [1.54, 1.807) is 24.5 Å². The zero-order chi connectivity index (χ0) is 17.1. The molecule has 0 radical (unpaired) electrons. The molecule has 2 heterocycles. The van der Waals surface area contributed by atoms with Gasteiger partial charge in [0.25, 0.3) is 0 Å². The van der Waals surface area contributed by atoms with Gasteiger partial charge >= 0.3 is 0 Å². The molecule has 0 unspecified atom stereocenters. The van der Waals surface area contributed by atoms with Gasteiger partial charge < -0.3 is 15.2 Å². The van der Waals surface area contributed by atoms with Crippen molar-refractivity contribution in [1.82, 2.24) is 4.98 Å². The monoisotopic (exact) mass is 345 g/mol. The van der Waals surface area contributed by atoms with E-state index in [9.17, 15) is 5.11 Å². The summed E-state index contributed by atoms with van der Waals surface area (Å²) in [7, 11) is 1.65. The molecule has 0 atom stereocenters. The van der Waals surface area contributed by atoms with E-state index in [0.717, 1.165) is 22.3 Å². The van der Waals surface area contributed by atoms with Crippen LogP contribution >= 0.6 is 11.3 Å². The number of methoxy groups -OCH3 is 1. The molecule has 0 saturated carbocycles. The first-order valence-electron chi connectivity index (χ1n) is 7.91. The summed E-state index contributed by atoms with van der Waals surface area (Å²) in [6, 6.07) is 0.331. The van der Waals surface area contributed by atoms with Crippen LogP contribution in [0.2, 0.25) is 0 Å². The molecule has 5 nitrogen and oxygen atoms in total. The third-order valence-electron chi connectivity index (χ3n) is 3.67. The summed E-state index contributed by atoms with van der Waals surface area (Å²) in [4.78, 5) is 9.38. The van der Waals surface area contributed by atoms with Crippen molar-refractivity contribution in [3.05, 3.63) is 58.2 Å². The molecule has 0 amide bonds. The number of aromatic nitrogens is 1. The lowest BCUT2D eigenvalue weighted by Gasteiger charge is -2.05. The molecular formula is C18H23N3O2S. The Balaban J connectivity index is 0.00000225. The predicted molar refractivity (Wildman–Crippen MR) is 101 cm³/mol. The largest absolute Gasteiger partial charge is 0.508 e. The predicted octanol–water partition coefficient (Wildman–Crippen LogP) is 4.59. The van der Waals surface area contributed by atoms with Crippen molar-refractivity contribution in [1.29, 1.82) is 0 Å². The molecule has 1 aromatic rings. The summed E-state index contributed by atoms with van der Waals surface area (Å²) >= 11 is 1.56. The number of ether oxygens (including phenoxy) is 1. The van der Waals surface area contributed by atoms with Gasteiger partial charge in [-0.15, -0.1) is 11.3 Å². The van der Waals surface area contributed by atoms with Crippen molar-refractivity contribution in [2.45, 2.75) is 32.7 Å². The van der Waals surface area contributed by atoms with Crippen LogP contribution in [0.4, 0.5) is 5.13 Å². The highest BCUT2D eigenvalue weighted by atomic mass is 32.1. The van der Waals surface area contributed by atoms with E-state index in [2.05, 4.69) is 24.1 Å². The van der Waals surface area contributed by atoms with Crippen molar-refractivity contribution in [3.8, 4) is 0 Å². The average molecular weight is 345 g/mol. The van der Waals surface area contributed by atoms with Gasteiger partial charge in [-0.25, -0.2) is 9.98 Å². The number of hydrogen-bond acceptors (Lipinski definition) is 6. The molecule has 0 aromatic carbocycles. The van der Waals surface area contributed by atoms with Gasteiger partial charge in [-0.2, -0.15) is 0 Å². The molecule has 24 heavy (non-hydrogen) atoms. The van der Waals surface area contributed by atoms with E-state index in [1.807, 2.05) is 23.6 Å². The van der Waals surface area contributed by atoms with Gasteiger partial charge in [-0.1, -0.05) is 12.2 Å². The maximum absolute atomic E-state index is 10.3. The third kappa shape index (κ3) is 3.59. The fourth-order valence-electron chi connectivity index (χ4n) is 2.49. The van der Waals surface area contributed by atoms with Crippen LogP contribution in [0.15, 0.2) is 57.5 Å². The third-order valence-corrected chi connectivity index (χ3v) is 4.45. The second-order valence-corrected chi connectivity index (χ2v) is 6.77. The van der Waals surface area contributed by atoms with E-state index in [0.29, 0.717) is 30.2 Å². The number of nitrogens with one attached hydrogen (secondary N) is 1. The van der Waals surface area contributed by atoms with Gasteiger partial charge in [0.15, 0.2) is 5.13 Å². The maximum atomic E-state index is 10.3. The Morgan fingerprint density at radius 2 is 2.21 bits per heavy atom. The number of hydrogen-bond donors (Lipinski definition) is 2. The molecule has 3 rings (SSSR count). The van der Waals surface area contributed by atoms with Crippen LogP contribution in [0.3, 0.4) is 0 Å². The first kappa shape index (κ1) is 16.5. The maximum Gasteiger partial charge on any atom is 0.183 e. The van der Waals surface area contributed by atoms with Gasteiger partial charge in [0.05, 0.1) is 24.2 Å². The number of aliphatic hydroxyl groups excluding tert-OH is 1. The molecule has 1 aromatic heterocycles. The van der Waals surface area contributed by atoms with E-state index < -0.39 is 0 Å². The summed E-state index contributed by atoms with van der Waals surface area (Å²) in [6.07, 6.45) is 8.74. The standard InChI is InChI=1S/C18H21N3O2S.H2/c1-11(2)19-18-21-16(10-24-18)14-7-8-17(22)13-6-4-5-12(23-3)9-15(13)20-14;/h4,6,8-11,22H,5,7H2,1-3H3,(H,19,21);1H. The number of thiazole rings is 1. The van der Waals surface area contributed by atoms with Crippen LogP contribution < -0.4 is 5.32 Å². The second kappa shape index (κ2) is 7.05. The van der Waals surface area contributed by atoms with Crippen molar-refractivity contribution in [2.75, 3.05) is 12.4 Å². The van der Waals surface area contributed by atoms with Gasteiger partial charge in [0.1, 0.15) is 11.5 Å². The Bertz CT molecular complexity index is 788. The Labute approximate surface area is 147 Å². The van der Waals surface area contributed by atoms with Crippen molar-refractivity contribution in [2.24, 2.45) is 4.99 Å². The Kier molecular flexibility index (Phi) is 4.85. The van der Waals surface area contributed by atoms with Gasteiger partial charge in [0.2, 0.25) is 0 Å². The van der Waals surface area contributed by atoms with Crippen LogP contribution in [0.5, 0.6) is 0 Å². The molecule has 0 spiro atoms. The minimum atomic E-state index is 0.